The summed E-state index contributed by atoms with van der Waals surface area (Å²) in [5.41, 5.74) is 3.01. The van der Waals surface area contributed by atoms with Gasteiger partial charge in [-0.2, -0.15) is 5.10 Å². The van der Waals surface area contributed by atoms with E-state index in [1.807, 2.05) is 78.9 Å². The summed E-state index contributed by atoms with van der Waals surface area (Å²) >= 11 is 0. The molecular weight excluding hydrogens is 390 g/mol. The van der Waals surface area contributed by atoms with Crippen molar-refractivity contribution in [2.45, 2.75) is 13.0 Å². The van der Waals surface area contributed by atoms with Crippen LogP contribution in [0.15, 0.2) is 97.2 Å². The fourth-order valence-electron chi connectivity index (χ4n) is 3.09. The Kier molecular flexibility index (Phi) is 5.89. The van der Waals surface area contributed by atoms with E-state index in [9.17, 15) is 9.59 Å². The number of nitrogens with one attached hydrogen (secondary N) is 1. The highest BCUT2D eigenvalue weighted by molar-refractivity contribution is 6.00. The first kappa shape index (κ1) is 20.1. The van der Waals surface area contributed by atoms with Crippen molar-refractivity contribution in [3.05, 3.63) is 103 Å². The van der Waals surface area contributed by atoms with E-state index in [1.54, 1.807) is 29.9 Å². The molecule has 0 unspecified atom stereocenters. The maximum atomic E-state index is 13.0. The minimum absolute atomic E-state index is 0.286. The van der Waals surface area contributed by atoms with E-state index in [0.717, 1.165) is 11.3 Å². The molecule has 0 saturated heterocycles. The molecule has 0 spiro atoms. The second-order valence-electron chi connectivity index (χ2n) is 6.94. The molecule has 0 bridgehead atoms. The summed E-state index contributed by atoms with van der Waals surface area (Å²) in [4.78, 5) is 25.4. The van der Waals surface area contributed by atoms with Crippen LogP contribution in [0.3, 0.4) is 0 Å². The lowest BCUT2D eigenvalue weighted by Crippen LogP contribution is -2.30. The van der Waals surface area contributed by atoms with Gasteiger partial charge in [0.2, 0.25) is 0 Å². The molecule has 1 aromatic heterocycles. The lowest BCUT2D eigenvalue weighted by Gasteiger charge is -2.13. The van der Waals surface area contributed by atoms with Gasteiger partial charge in [-0.1, -0.05) is 66.7 Å². The van der Waals surface area contributed by atoms with Crippen LogP contribution in [0.1, 0.15) is 17.3 Å². The van der Waals surface area contributed by atoms with Gasteiger partial charge in [-0.25, -0.2) is 9.48 Å². The minimum Gasteiger partial charge on any atom is -0.449 e. The van der Waals surface area contributed by atoms with Crippen molar-refractivity contribution < 1.29 is 14.3 Å². The monoisotopic (exact) mass is 411 g/mol. The number of carbonyl (C=O) groups excluding carboxylic acids is 2. The zero-order chi connectivity index (χ0) is 21.6. The third-order valence-electron chi connectivity index (χ3n) is 4.70. The Balaban J connectivity index is 1.59. The predicted octanol–water partition coefficient (Wildman–Crippen LogP) is 4.72. The van der Waals surface area contributed by atoms with Crippen LogP contribution in [-0.4, -0.2) is 27.8 Å². The number of carbonyl (C=O) groups is 2. The lowest BCUT2D eigenvalue weighted by atomic mass is 10.1. The van der Waals surface area contributed by atoms with Gasteiger partial charge >= 0.3 is 5.97 Å². The topological polar surface area (TPSA) is 73.2 Å². The number of hydrogen-bond acceptors (Lipinski definition) is 4. The van der Waals surface area contributed by atoms with Crippen molar-refractivity contribution in [3.8, 4) is 16.9 Å². The van der Waals surface area contributed by atoms with Gasteiger partial charge in [0.1, 0.15) is 11.3 Å². The molecule has 4 rings (SSSR count). The van der Waals surface area contributed by atoms with Crippen LogP contribution in [0.25, 0.3) is 16.9 Å². The van der Waals surface area contributed by atoms with E-state index < -0.39 is 18.0 Å². The molecule has 0 aliphatic carbocycles. The van der Waals surface area contributed by atoms with E-state index in [4.69, 9.17) is 4.74 Å². The molecule has 6 heteroatoms. The van der Waals surface area contributed by atoms with Gasteiger partial charge < -0.3 is 10.1 Å². The van der Waals surface area contributed by atoms with Gasteiger partial charge in [-0.3, -0.25) is 4.79 Å². The van der Waals surface area contributed by atoms with E-state index in [0.29, 0.717) is 11.4 Å². The largest absolute Gasteiger partial charge is 0.449 e. The first-order valence-electron chi connectivity index (χ1n) is 9.89. The van der Waals surface area contributed by atoms with Gasteiger partial charge in [0.15, 0.2) is 6.10 Å². The first-order chi connectivity index (χ1) is 15.1. The van der Waals surface area contributed by atoms with E-state index in [1.165, 1.54) is 0 Å². The highest BCUT2D eigenvalue weighted by atomic mass is 16.5. The molecule has 0 aliphatic rings. The first-order valence-corrected chi connectivity index (χ1v) is 9.89. The molecule has 3 aromatic carbocycles. The van der Waals surface area contributed by atoms with Gasteiger partial charge in [0.25, 0.3) is 5.91 Å². The molecule has 0 saturated carbocycles. The van der Waals surface area contributed by atoms with Crippen LogP contribution < -0.4 is 5.32 Å². The number of amides is 1. The Labute approximate surface area is 180 Å². The third-order valence-corrected chi connectivity index (χ3v) is 4.70. The number of para-hydroxylation sites is 2. The van der Waals surface area contributed by atoms with Crippen molar-refractivity contribution in [3.63, 3.8) is 0 Å². The molecule has 1 atom stereocenters. The molecule has 4 aromatic rings. The fourth-order valence-corrected chi connectivity index (χ4v) is 3.09. The average molecular weight is 411 g/mol. The Morgan fingerprint density at radius 3 is 2.10 bits per heavy atom. The van der Waals surface area contributed by atoms with Crippen molar-refractivity contribution in [2.75, 3.05) is 5.32 Å². The van der Waals surface area contributed by atoms with E-state index >= 15 is 0 Å². The number of esters is 1. The molecule has 31 heavy (non-hydrogen) atoms. The maximum Gasteiger partial charge on any atom is 0.342 e. The van der Waals surface area contributed by atoms with Gasteiger partial charge in [-0.15, -0.1) is 0 Å². The summed E-state index contributed by atoms with van der Waals surface area (Å²) in [6, 6.07) is 27.9. The number of rotatable bonds is 6. The molecule has 0 radical (unpaired) electrons. The zero-order valence-corrected chi connectivity index (χ0v) is 16.9. The number of anilines is 1. The Morgan fingerprint density at radius 2 is 1.45 bits per heavy atom. The molecule has 1 N–H and O–H groups in total. The number of hydrogen-bond donors (Lipinski definition) is 1. The fraction of sp³-hybridized carbons (Fsp3) is 0.0800. The quantitative estimate of drug-likeness (QED) is 0.466. The standard InChI is InChI=1S/C25H21N3O3/c1-18(24(29)26-20-13-7-3-8-14-20)31-25(30)22-17-28(21-15-9-4-10-16-21)27-23(22)19-11-5-2-6-12-19/h2-18H,1H3,(H,26,29)/t18-/m1/s1. The molecule has 1 amide bonds. The second-order valence-corrected chi connectivity index (χ2v) is 6.94. The molecular formula is C25H21N3O3. The van der Waals surface area contributed by atoms with Crippen molar-refractivity contribution in [1.82, 2.24) is 9.78 Å². The van der Waals surface area contributed by atoms with Crippen molar-refractivity contribution in [2.24, 2.45) is 0 Å². The van der Waals surface area contributed by atoms with Crippen LogP contribution in [0.5, 0.6) is 0 Å². The minimum atomic E-state index is -0.976. The average Bonchev–Trinajstić information content (AvgIpc) is 3.27. The van der Waals surface area contributed by atoms with Crippen LogP contribution >= 0.6 is 0 Å². The van der Waals surface area contributed by atoms with Gasteiger partial charge in [0, 0.05) is 17.4 Å². The second kappa shape index (κ2) is 9.09. The maximum absolute atomic E-state index is 13.0. The van der Waals surface area contributed by atoms with Crippen LogP contribution in [0.4, 0.5) is 5.69 Å². The summed E-state index contributed by atoms with van der Waals surface area (Å²) in [5, 5.41) is 7.35. The number of benzene rings is 3. The van der Waals surface area contributed by atoms with Gasteiger partial charge in [-0.05, 0) is 31.2 Å². The highest BCUT2D eigenvalue weighted by Crippen LogP contribution is 2.25. The number of aromatic nitrogens is 2. The Hall–Kier alpha value is -4.19. The van der Waals surface area contributed by atoms with Crippen molar-refractivity contribution >= 4 is 17.6 Å². The predicted molar refractivity (Wildman–Crippen MR) is 119 cm³/mol. The molecule has 154 valence electrons. The zero-order valence-electron chi connectivity index (χ0n) is 16.9. The normalized spacial score (nSPS) is 11.5. The smallest absolute Gasteiger partial charge is 0.342 e. The molecule has 1 heterocycles. The molecule has 0 aliphatic heterocycles. The number of nitrogens with zero attached hydrogens (tertiary/aromatic N) is 2. The van der Waals surface area contributed by atoms with Crippen LogP contribution in [0, 0.1) is 0 Å². The lowest BCUT2D eigenvalue weighted by molar-refractivity contribution is -0.123. The van der Waals surface area contributed by atoms with Gasteiger partial charge in [0.05, 0.1) is 5.69 Å². The summed E-state index contributed by atoms with van der Waals surface area (Å²) < 4.78 is 7.11. The highest BCUT2D eigenvalue weighted by Gasteiger charge is 2.24. The SMILES string of the molecule is C[C@@H](OC(=O)c1cn(-c2ccccc2)nc1-c1ccccc1)C(=O)Nc1ccccc1. The van der Waals surface area contributed by atoms with Crippen molar-refractivity contribution in [1.29, 1.82) is 0 Å². The summed E-state index contributed by atoms with van der Waals surface area (Å²) in [6.07, 6.45) is 0.651. The Bertz CT molecular complexity index is 1170. The third kappa shape index (κ3) is 4.70. The van der Waals surface area contributed by atoms with E-state index in [-0.39, 0.29) is 5.56 Å². The summed E-state index contributed by atoms with van der Waals surface area (Å²) in [5.74, 6) is -1.02. The van der Waals surface area contributed by atoms with E-state index in [2.05, 4.69) is 10.4 Å². The Morgan fingerprint density at radius 1 is 0.871 bits per heavy atom. The number of ether oxygens (including phenoxy) is 1. The molecule has 6 nitrogen and oxygen atoms in total. The summed E-state index contributed by atoms with van der Waals surface area (Å²) in [6.45, 7) is 1.54. The molecule has 0 fully saturated rings. The van der Waals surface area contributed by atoms with Crippen LogP contribution in [-0.2, 0) is 9.53 Å². The summed E-state index contributed by atoms with van der Waals surface area (Å²) in [7, 11) is 0. The van der Waals surface area contributed by atoms with Crippen LogP contribution in [0.2, 0.25) is 0 Å².